The maximum atomic E-state index is 13.2. The fraction of sp³-hybridized carbons (Fsp3) is 0.600. The van der Waals surface area contributed by atoms with Crippen molar-refractivity contribution in [1.82, 2.24) is 10.2 Å². The Labute approximate surface area is 130 Å². The Balaban J connectivity index is 0.00000220. The average molecular weight is 323 g/mol. The zero-order valence-corrected chi connectivity index (χ0v) is 13.0. The van der Waals surface area contributed by atoms with Crippen molar-refractivity contribution in [3.05, 3.63) is 35.1 Å². The summed E-state index contributed by atoms with van der Waals surface area (Å²) in [5.74, 6) is -2.88. The molecule has 1 aromatic rings. The zero-order chi connectivity index (χ0) is 14.5. The number of rotatable bonds is 5. The Kier molecular flexibility index (Phi) is 7.49. The van der Waals surface area contributed by atoms with Crippen LogP contribution >= 0.6 is 12.4 Å². The van der Waals surface area contributed by atoms with Gasteiger partial charge in [0.05, 0.1) is 0 Å². The van der Waals surface area contributed by atoms with Crippen LogP contribution in [0.15, 0.2) is 12.1 Å². The number of benzene rings is 1. The first-order chi connectivity index (χ1) is 9.60. The highest BCUT2D eigenvalue weighted by Gasteiger charge is 2.19. The van der Waals surface area contributed by atoms with Crippen LogP contribution in [-0.2, 0) is 6.54 Å². The fourth-order valence-electron chi connectivity index (χ4n) is 2.74. The van der Waals surface area contributed by atoms with E-state index in [2.05, 4.69) is 10.2 Å². The second-order valence-electron chi connectivity index (χ2n) is 5.49. The lowest BCUT2D eigenvalue weighted by Gasteiger charge is -2.32. The van der Waals surface area contributed by atoms with Gasteiger partial charge < -0.3 is 5.32 Å². The molecule has 1 aromatic carbocycles. The van der Waals surface area contributed by atoms with Crippen LogP contribution in [0.3, 0.4) is 0 Å². The summed E-state index contributed by atoms with van der Waals surface area (Å²) in [5, 5.41) is 3.15. The Morgan fingerprint density at radius 3 is 2.24 bits per heavy atom. The number of hydrogen-bond acceptors (Lipinski definition) is 2. The summed E-state index contributed by atoms with van der Waals surface area (Å²) in [6.07, 6.45) is 3.38. The standard InChI is InChI=1S/C15H21F3N2.ClH/c1-19-5-2-11-3-6-20(7-4-11)10-12-8-13(16)15(18)14(17)9-12;/h8-9,11,19H,2-7,10H2,1H3;1H. The number of hydrogen-bond donors (Lipinski definition) is 1. The van der Waals surface area contributed by atoms with Crippen LogP contribution in [0.25, 0.3) is 0 Å². The molecule has 2 rings (SSSR count). The van der Waals surface area contributed by atoms with Gasteiger partial charge in [-0.05, 0) is 69.6 Å². The van der Waals surface area contributed by atoms with Gasteiger partial charge in [-0.15, -0.1) is 12.4 Å². The summed E-state index contributed by atoms with van der Waals surface area (Å²) in [7, 11) is 1.95. The van der Waals surface area contributed by atoms with E-state index in [4.69, 9.17) is 0 Å². The minimum atomic E-state index is -1.39. The first kappa shape index (κ1) is 18.3. The average Bonchev–Trinajstić information content (AvgIpc) is 2.44. The van der Waals surface area contributed by atoms with Crippen molar-refractivity contribution in [2.75, 3.05) is 26.7 Å². The van der Waals surface area contributed by atoms with E-state index in [9.17, 15) is 13.2 Å². The summed E-state index contributed by atoms with van der Waals surface area (Å²) in [4.78, 5) is 2.17. The van der Waals surface area contributed by atoms with E-state index in [0.29, 0.717) is 12.1 Å². The molecule has 0 radical (unpaired) electrons. The van der Waals surface area contributed by atoms with Crippen molar-refractivity contribution >= 4 is 12.4 Å². The van der Waals surface area contributed by atoms with Crippen molar-refractivity contribution in [2.24, 2.45) is 5.92 Å². The molecule has 0 aliphatic carbocycles. The van der Waals surface area contributed by atoms with Crippen LogP contribution in [0.5, 0.6) is 0 Å². The van der Waals surface area contributed by atoms with Crippen LogP contribution < -0.4 is 5.32 Å². The Morgan fingerprint density at radius 1 is 1.14 bits per heavy atom. The predicted octanol–water partition coefficient (Wildman–Crippen LogP) is 3.35. The van der Waals surface area contributed by atoms with Gasteiger partial charge in [0.2, 0.25) is 0 Å². The first-order valence-electron chi connectivity index (χ1n) is 7.10. The molecule has 0 saturated carbocycles. The molecular weight excluding hydrogens is 301 g/mol. The highest BCUT2D eigenvalue weighted by Crippen LogP contribution is 2.22. The lowest BCUT2D eigenvalue weighted by Crippen LogP contribution is -2.34. The van der Waals surface area contributed by atoms with Gasteiger partial charge in [-0.2, -0.15) is 0 Å². The molecule has 0 unspecified atom stereocenters. The lowest BCUT2D eigenvalue weighted by atomic mass is 9.93. The molecule has 0 spiro atoms. The molecule has 1 heterocycles. The molecule has 120 valence electrons. The van der Waals surface area contributed by atoms with Crippen LogP contribution in [0.4, 0.5) is 13.2 Å². The number of piperidine rings is 1. The molecule has 0 atom stereocenters. The topological polar surface area (TPSA) is 15.3 Å². The molecule has 1 saturated heterocycles. The van der Waals surface area contributed by atoms with Crippen molar-refractivity contribution in [1.29, 1.82) is 0 Å². The molecule has 2 nitrogen and oxygen atoms in total. The van der Waals surface area contributed by atoms with Gasteiger partial charge in [0.15, 0.2) is 17.5 Å². The highest BCUT2D eigenvalue weighted by molar-refractivity contribution is 5.85. The van der Waals surface area contributed by atoms with Crippen molar-refractivity contribution < 1.29 is 13.2 Å². The summed E-state index contributed by atoms with van der Waals surface area (Å²) in [6.45, 7) is 3.36. The third kappa shape index (κ3) is 5.16. The largest absolute Gasteiger partial charge is 0.320 e. The predicted molar refractivity (Wildman–Crippen MR) is 80.1 cm³/mol. The third-order valence-electron chi connectivity index (χ3n) is 3.96. The van der Waals surface area contributed by atoms with Crippen LogP contribution in [0.2, 0.25) is 0 Å². The van der Waals surface area contributed by atoms with Crippen molar-refractivity contribution in [2.45, 2.75) is 25.8 Å². The van der Waals surface area contributed by atoms with Crippen LogP contribution in [-0.4, -0.2) is 31.6 Å². The molecule has 1 aliphatic rings. The van der Waals surface area contributed by atoms with Crippen molar-refractivity contribution in [3.63, 3.8) is 0 Å². The van der Waals surface area contributed by atoms with Gasteiger partial charge in [-0.3, -0.25) is 4.90 Å². The summed E-state index contributed by atoms with van der Waals surface area (Å²) < 4.78 is 39.2. The van der Waals surface area contributed by atoms with Crippen molar-refractivity contribution in [3.8, 4) is 0 Å². The normalized spacial score (nSPS) is 16.8. The SMILES string of the molecule is CNCCC1CCN(Cc2cc(F)c(F)c(F)c2)CC1.Cl. The van der Waals surface area contributed by atoms with Crippen LogP contribution in [0.1, 0.15) is 24.8 Å². The van der Waals surface area contributed by atoms with Gasteiger partial charge in [0.25, 0.3) is 0 Å². The number of nitrogens with zero attached hydrogens (tertiary/aromatic N) is 1. The number of nitrogens with one attached hydrogen (secondary N) is 1. The smallest absolute Gasteiger partial charge is 0.194 e. The maximum absolute atomic E-state index is 13.2. The molecule has 0 bridgehead atoms. The lowest BCUT2D eigenvalue weighted by molar-refractivity contribution is 0.172. The summed E-state index contributed by atoms with van der Waals surface area (Å²) in [6, 6.07) is 2.18. The molecule has 1 N–H and O–H groups in total. The Bertz CT molecular complexity index is 426. The summed E-state index contributed by atoms with van der Waals surface area (Å²) >= 11 is 0. The van der Waals surface area contributed by atoms with Gasteiger partial charge in [-0.25, -0.2) is 13.2 Å². The molecule has 21 heavy (non-hydrogen) atoms. The molecule has 6 heteroatoms. The maximum Gasteiger partial charge on any atom is 0.194 e. The second-order valence-corrected chi connectivity index (χ2v) is 5.49. The van der Waals surface area contributed by atoms with E-state index >= 15 is 0 Å². The van der Waals surface area contributed by atoms with E-state index in [-0.39, 0.29) is 12.4 Å². The highest BCUT2D eigenvalue weighted by atomic mass is 35.5. The minimum absolute atomic E-state index is 0. The van der Waals surface area contributed by atoms with Gasteiger partial charge in [0, 0.05) is 6.54 Å². The Morgan fingerprint density at radius 2 is 1.71 bits per heavy atom. The summed E-state index contributed by atoms with van der Waals surface area (Å²) in [5.41, 5.74) is 0.495. The number of halogens is 4. The monoisotopic (exact) mass is 322 g/mol. The van der Waals surface area contributed by atoms with Crippen LogP contribution in [0, 0.1) is 23.4 Å². The van der Waals surface area contributed by atoms with E-state index < -0.39 is 17.5 Å². The molecule has 1 aliphatic heterocycles. The third-order valence-corrected chi connectivity index (χ3v) is 3.96. The first-order valence-corrected chi connectivity index (χ1v) is 7.10. The fourth-order valence-corrected chi connectivity index (χ4v) is 2.74. The van der Waals surface area contributed by atoms with E-state index in [1.54, 1.807) is 0 Å². The van der Waals surface area contributed by atoms with E-state index in [1.165, 1.54) is 6.42 Å². The minimum Gasteiger partial charge on any atom is -0.320 e. The second kappa shape index (κ2) is 8.61. The van der Waals surface area contributed by atoms with E-state index in [1.807, 2.05) is 7.05 Å². The quantitative estimate of drug-likeness (QED) is 0.836. The molecular formula is C15H22ClF3N2. The van der Waals surface area contributed by atoms with Gasteiger partial charge in [-0.1, -0.05) is 0 Å². The molecule has 0 aromatic heterocycles. The van der Waals surface area contributed by atoms with Gasteiger partial charge >= 0.3 is 0 Å². The Hall–Kier alpha value is -0.780. The van der Waals surface area contributed by atoms with E-state index in [0.717, 1.165) is 50.5 Å². The molecule has 1 fully saturated rings. The zero-order valence-electron chi connectivity index (χ0n) is 12.2. The number of likely N-dealkylation sites (tertiary alicyclic amines) is 1. The van der Waals surface area contributed by atoms with Gasteiger partial charge in [0.1, 0.15) is 0 Å². The molecule has 0 amide bonds.